The van der Waals surface area contributed by atoms with Crippen LogP contribution in [0.15, 0.2) is 97.1 Å². The molecule has 0 aliphatic carbocycles. The third-order valence-corrected chi connectivity index (χ3v) is 15.7. The standard InChI is InChI=1S/C42H56P2/c1-6-10-22-35-26-14-18-30-39(35)43(40-31-19-15-27-36(40)23-11-7-2)34(5)44(41-32-20-16-28-37(41)24-12-8-3)42-33-21-17-29-38(42)25-13-9-4/h14-21,26-34H,6-13,22-25H2,1-5H3. The molecule has 0 saturated heterocycles. The maximum absolute atomic E-state index is 2.64. The van der Waals surface area contributed by atoms with E-state index in [9.17, 15) is 0 Å². The van der Waals surface area contributed by atoms with Crippen LogP contribution in [0.4, 0.5) is 0 Å². The van der Waals surface area contributed by atoms with E-state index >= 15 is 0 Å². The normalized spacial score (nSPS) is 11.6. The number of unbranched alkanes of at least 4 members (excludes halogenated alkanes) is 4. The van der Waals surface area contributed by atoms with Crippen LogP contribution in [0.2, 0.25) is 0 Å². The summed E-state index contributed by atoms with van der Waals surface area (Å²) in [6.45, 7) is 11.9. The lowest BCUT2D eigenvalue weighted by molar-refractivity contribution is 0.797. The van der Waals surface area contributed by atoms with Crippen molar-refractivity contribution in [1.29, 1.82) is 0 Å². The van der Waals surface area contributed by atoms with Gasteiger partial charge in [-0.2, -0.15) is 0 Å². The summed E-state index contributed by atoms with van der Waals surface area (Å²) in [6, 6.07) is 38.1. The zero-order valence-corrected chi connectivity index (χ0v) is 30.0. The lowest BCUT2D eigenvalue weighted by Gasteiger charge is -2.37. The maximum Gasteiger partial charge on any atom is 0.0127 e. The Morgan fingerprint density at radius 3 is 0.841 bits per heavy atom. The molecule has 0 nitrogen and oxygen atoms in total. The van der Waals surface area contributed by atoms with Crippen LogP contribution in [-0.4, -0.2) is 5.40 Å². The monoisotopic (exact) mass is 622 g/mol. The molecular weight excluding hydrogens is 566 g/mol. The van der Waals surface area contributed by atoms with Crippen LogP contribution in [0.1, 0.15) is 108 Å². The fourth-order valence-corrected chi connectivity index (χ4v) is 14.0. The van der Waals surface area contributed by atoms with Gasteiger partial charge in [-0.1, -0.05) is 157 Å². The van der Waals surface area contributed by atoms with Crippen LogP contribution in [0.5, 0.6) is 0 Å². The van der Waals surface area contributed by atoms with Crippen molar-refractivity contribution in [3.8, 4) is 0 Å². The molecule has 0 N–H and O–H groups in total. The minimum Gasteiger partial charge on any atom is -0.0654 e. The van der Waals surface area contributed by atoms with E-state index in [2.05, 4.69) is 132 Å². The van der Waals surface area contributed by atoms with E-state index in [0.29, 0.717) is 5.40 Å². The number of aryl methyl sites for hydroxylation is 4. The smallest absolute Gasteiger partial charge is 0.0127 e. The highest BCUT2D eigenvalue weighted by atomic mass is 31.2. The predicted molar refractivity (Wildman–Crippen MR) is 202 cm³/mol. The maximum atomic E-state index is 2.64. The molecule has 0 fully saturated rings. The van der Waals surface area contributed by atoms with Gasteiger partial charge in [0.15, 0.2) is 0 Å². The second-order valence-corrected chi connectivity index (χ2v) is 17.7. The lowest BCUT2D eigenvalue weighted by atomic mass is 10.1. The predicted octanol–water partition coefficient (Wildman–Crippen LogP) is 11.0. The molecule has 4 rings (SSSR count). The van der Waals surface area contributed by atoms with E-state index in [1.54, 1.807) is 43.5 Å². The zero-order chi connectivity index (χ0) is 31.1. The number of rotatable bonds is 18. The molecular formula is C42H56P2. The summed E-state index contributed by atoms with van der Waals surface area (Å²) in [6.07, 6.45) is 14.6. The van der Waals surface area contributed by atoms with Crippen molar-refractivity contribution < 1.29 is 0 Å². The number of hydrogen-bond donors (Lipinski definition) is 0. The average Bonchev–Trinajstić information content (AvgIpc) is 3.06. The molecule has 0 spiro atoms. The van der Waals surface area contributed by atoms with Crippen molar-refractivity contribution in [2.45, 2.75) is 117 Å². The van der Waals surface area contributed by atoms with Gasteiger partial charge in [0.2, 0.25) is 0 Å². The van der Waals surface area contributed by atoms with Gasteiger partial charge in [0.1, 0.15) is 0 Å². The van der Waals surface area contributed by atoms with Crippen molar-refractivity contribution in [1.82, 2.24) is 0 Å². The molecule has 0 bridgehead atoms. The van der Waals surface area contributed by atoms with Crippen molar-refractivity contribution in [2.24, 2.45) is 0 Å². The Kier molecular flexibility index (Phi) is 14.7. The Morgan fingerprint density at radius 1 is 0.386 bits per heavy atom. The second-order valence-electron chi connectivity index (χ2n) is 12.3. The minimum atomic E-state index is -0.595. The molecule has 0 radical (unpaired) electrons. The first-order valence-corrected chi connectivity index (χ1v) is 20.4. The van der Waals surface area contributed by atoms with Gasteiger partial charge in [-0.15, -0.1) is 0 Å². The topological polar surface area (TPSA) is 0 Å². The van der Waals surface area contributed by atoms with Gasteiger partial charge in [-0.25, -0.2) is 0 Å². The largest absolute Gasteiger partial charge is 0.0654 e. The Balaban J connectivity index is 1.98. The summed E-state index contributed by atoms with van der Waals surface area (Å²) in [5, 5.41) is 7.00. The molecule has 234 valence electrons. The molecule has 44 heavy (non-hydrogen) atoms. The average molecular weight is 623 g/mol. The van der Waals surface area contributed by atoms with Gasteiger partial charge >= 0.3 is 0 Å². The lowest BCUT2D eigenvalue weighted by Crippen LogP contribution is -2.30. The molecule has 0 heterocycles. The summed E-state index contributed by atoms with van der Waals surface area (Å²) in [4.78, 5) is 0. The summed E-state index contributed by atoms with van der Waals surface area (Å²) in [7, 11) is -1.19. The molecule has 2 heteroatoms. The molecule has 0 amide bonds. The molecule has 0 saturated carbocycles. The summed E-state index contributed by atoms with van der Waals surface area (Å²) in [5.41, 5.74) is 6.30. The van der Waals surface area contributed by atoms with E-state index in [1.165, 1.54) is 77.0 Å². The molecule has 0 aliphatic rings. The van der Waals surface area contributed by atoms with E-state index in [1.807, 2.05) is 0 Å². The summed E-state index contributed by atoms with van der Waals surface area (Å²) < 4.78 is 0. The summed E-state index contributed by atoms with van der Waals surface area (Å²) >= 11 is 0. The van der Waals surface area contributed by atoms with Crippen LogP contribution in [-0.2, 0) is 25.7 Å². The van der Waals surface area contributed by atoms with Crippen molar-refractivity contribution >= 4 is 37.1 Å². The third kappa shape index (κ3) is 8.93. The SMILES string of the molecule is CCCCc1ccccc1P(c1ccccc1CCCC)C(C)P(c1ccccc1CCCC)c1ccccc1CCCC. The molecule has 0 aromatic heterocycles. The van der Waals surface area contributed by atoms with E-state index < -0.39 is 15.8 Å². The van der Waals surface area contributed by atoms with Gasteiger partial charge < -0.3 is 0 Å². The fourth-order valence-electron chi connectivity index (χ4n) is 6.48. The molecule has 0 aliphatic heterocycles. The Morgan fingerprint density at radius 2 is 0.614 bits per heavy atom. The molecule has 4 aromatic carbocycles. The highest BCUT2D eigenvalue weighted by molar-refractivity contribution is 7.89. The Hall–Kier alpha value is -2.26. The minimum absolute atomic E-state index is 0.510. The number of benzene rings is 4. The van der Waals surface area contributed by atoms with Crippen molar-refractivity contribution in [3.63, 3.8) is 0 Å². The highest BCUT2D eigenvalue weighted by Gasteiger charge is 2.34. The van der Waals surface area contributed by atoms with Crippen molar-refractivity contribution in [3.05, 3.63) is 119 Å². The van der Waals surface area contributed by atoms with Gasteiger partial charge in [0.05, 0.1) is 0 Å². The van der Waals surface area contributed by atoms with Crippen LogP contribution in [0.3, 0.4) is 0 Å². The fraction of sp³-hybridized carbons (Fsp3) is 0.429. The van der Waals surface area contributed by atoms with Crippen LogP contribution >= 0.6 is 15.8 Å². The first-order valence-electron chi connectivity index (χ1n) is 17.5. The molecule has 4 aromatic rings. The van der Waals surface area contributed by atoms with Crippen LogP contribution in [0.25, 0.3) is 0 Å². The third-order valence-electron chi connectivity index (χ3n) is 8.95. The van der Waals surface area contributed by atoms with Gasteiger partial charge in [-0.3, -0.25) is 0 Å². The highest BCUT2D eigenvalue weighted by Crippen LogP contribution is 2.57. The quantitative estimate of drug-likeness (QED) is 0.0969. The Labute approximate surface area is 272 Å². The van der Waals surface area contributed by atoms with E-state index in [0.717, 1.165) is 0 Å². The van der Waals surface area contributed by atoms with Crippen molar-refractivity contribution in [2.75, 3.05) is 0 Å². The first kappa shape index (κ1) is 34.6. The second kappa shape index (κ2) is 18.6. The van der Waals surface area contributed by atoms with E-state index in [-0.39, 0.29) is 0 Å². The van der Waals surface area contributed by atoms with Gasteiger partial charge in [-0.05, 0) is 111 Å². The zero-order valence-electron chi connectivity index (χ0n) is 28.2. The number of hydrogen-bond acceptors (Lipinski definition) is 0. The summed E-state index contributed by atoms with van der Waals surface area (Å²) in [5.74, 6) is 0. The first-order chi connectivity index (χ1) is 21.6. The molecule has 0 atom stereocenters. The molecule has 0 unspecified atom stereocenters. The van der Waals surface area contributed by atoms with Gasteiger partial charge in [0, 0.05) is 5.40 Å². The Bertz CT molecular complexity index is 1200. The van der Waals surface area contributed by atoms with Gasteiger partial charge in [0.25, 0.3) is 0 Å². The van der Waals surface area contributed by atoms with E-state index in [4.69, 9.17) is 0 Å². The van der Waals surface area contributed by atoms with Crippen LogP contribution < -0.4 is 21.2 Å². The van der Waals surface area contributed by atoms with Crippen LogP contribution in [0, 0.1) is 0 Å².